The van der Waals surface area contributed by atoms with E-state index in [1.165, 1.54) is 50.2 Å². The minimum atomic E-state index is 0.385. The quantitative estimate of drug-likeness (QED) is 0.909. The molecule has 4 heteroatoms. The fraction of sp³-hybridized carbons (Fsp3) is 0.882. The predicted molar refractivity (Wildman–Crippen MR) is 80.9 cm³/mol. The van der Waals surface area contributed by atoms with Crippen LogP contribution >= 0.6 is 0 Å². The first-order valence-electron chi connectivity index (χ1n) is 8.94. The number of hydrogen-bond acceptors (Lipinski definition) is 3. The normalized spacial score (nSPS) is 44.0. The molecule has 0 amide bonds. The Balaban J connectivity index is 1.58. The molecule has 1 aromatic rings. The van der Waals surface area contributed by atoms with Gasteiger partial charge in [-0.25, -0.2) is 0 Å². The molecule has 6 rings (SSSR count). The Bertz CT molecular complexity index is 526. The first kappa shape index (κ1) is 12.6. The molecule has 21 heavy (non-hydrogen) atoms. The summed E-state index contributed by atoms with van der Waals surface area (Å²) in [4.78, 5) is 0. The molecular formula is C17H26N4. The van der Waals surface area contributed by atoms with E-state index < -0.39 is 0 Å². The van der Waals surface area contributed by atoms with Crippen LogP contribution in [0.5, 0.6) is 0 Å². The lowest BCUT2D eigenvalue weighted by Crippen LogP contribution is -2.50. The van der Waals surface area contributed by atoms with Gasteiger partial charge >= 0.3 is 0 Å². The number of nitrogens with one attached hydrogen (secondary N) is 1. The highest BCUT2D eigenvalue weighted by molar-refractivity contribution is 5.20. The highest BCUT2D eigenvalue weighted by Crippen LogP contribution is 2.60. The molecule has 1 aliphatic heterocycles. The van der Waals surface area contributed by atoms with Gasteiger partial charge in [-0.15, -0.1) is 10.2 Å². The molecule has 114 valence electrons. The molecule has 0 radical (unpaired) electrons. The third-order valence-corrected chi connectivity index (χ3v) is 6.74. The van der Waals surface area contributed by atoms with Crippen molar-refractivity contribution in [2.75, 3.05) is 6.54 Å². The molecule has 4 bridgehead atoms. The average molecular weight is 286 g/mol. The summed E-state index contributed by atoms with van der Waals surface area (Å²) in [6, 6.07) is 0.411. The highest BCUT2D eigenvalue weighted by Gasteiger charge is 2.54. The van der Waals surface area contributed by atoms with E-state index in [9.17, 15) is 0 Å². The van der Waals surface area contributed by atoms with Crippen LogP contribution in [0.15, 0.2) is 0 Å². The Hall–Kier alpha value is -0.900. The van der Waals surface area contributed by atoms with Gasteiger partial charge in [0.2, 0.25) is 0 Å². The summed E-state index contributed by atoms with van der Waals surface area (Å²) in [5.74, 6) is 5.50. The lowest BCUT2D eigenvalue weighted by molar-refractivity contribution is -0.0114. The van der Waals surface area contributed by atoms with Gasteiger partial charge < -0.3 is 9.88 Å². The van der Waals surface area contributed by atoms with Crippen LogP contribution in [-0.4, -0.2) is 21.3 Å². The van der Waals surface area contributed by atoms with Gasteiger partial charge in [-0.1, -0.05) is 6.92 Å². The number of rotatable bonds is 2. The summed E-state index contributed by atoms with van der Waals surface area (Å²) >= 11 is 0. The topological polar surface area (TPSA) is 42.7 Å². The van der Waals surface area contributed by atoms with E-state index in [1.54, 1.807) is 0 Å². The van der Waals surface area contributed by atoms with Crippen molar-refractivity contribution in [1.29, 1.82) is 0 Å². The second-order valence-corrected chi connectivity index (χ2v) is 8.15. The minimum absolute atomic E-state index is 0.385. The molecule has 2 heterocycles. The Labute approximate surface area is 126 Å². The van der Waals surface area contributed by atoms with Crippen LogP contribution in [0.3, 0.4) is 0 Å². The van der Waals surface area contributed by atoms with Gasteiger partial charge in [0.05, 0.1) is 6.04 Å². The molecular weight excluding hydrogens is 260 g/mol. The largest absolute Gasteiger partial charge is 0.312 e. The lowest BCUT2D eigenvalue weighted by atomic mass is 9.49. The third-order valence-electron chi connectivity index (χ3n) is 6.74. The molecule has 4 nitrogen and oxygen atoms in total. The van der Waals surface area contributed by atoms with Gasteiger partial charge in [-0.3, -0.25) is 0 Å². The first-order valence-corrected chi connectivity index (χ1v) is 8.94. The molecule has 1 unspecified atom stereocenters. The van der Waals surface area contributed by atoms with Crippen LogP contribution in [0, 0.1) is 17.8 Å². The van der Waals surface area contributed by atoms with Crippen LogP contribution in [-0.2, 0) is 12.0 Å². The summed E-state index contributed by atoms with van der Waals surface area (Å²) in [6.07, 6.45) is 9.78. The maximum atomic E-state index is 4.76. The SMILES string of the molecule is CCC1NCCn2c1nnc2C12CC3CC(CC(C3)C1)C2. The Morgan fingerprint density at radius 2 is 1.76 bits per heavy atom. The van der Waals surface area contributed by atoms with E-state index in [1.807, 2.05) is 0 Å². The van der Waals surface area contributed by atoms with Crippen molar-refractivity contribution in [3.8, 4) is 0 Å². The zero-order chi connectivity index (χ0) is 14.0. The molecule has 4 saturated carbocycles. The third kappa shape index (κ3) is 1.71. The maximum Gasteiger partial charge on any atom is 0.150 e. The monoisotopic (exact) mass is 286 g/mol. The zero-order valence-corrected chi connectivity index (χ0v) is 13.0. The van der Waals surface area contributed by atoms with Gasteiger partial charge in [0, 0.05) is 18.5 Å². The van der Waals surface area contributed by atoms with E-state index in [2.05, 4.69) is 21.9 Å². The van der Waals surface area contributed by atoms with Crippen LogP contribution in [0.2, 0.25) is 0 Å². The van der Waals surface area contributed by atoms with Gasteiger partial charge in [0.15, 0.2) is 0 Å². The maximum absolute atomic E-state index is 4.76. The number of nitrogens with zero attached hydrogens (tertiary/aromatic N) is 3. The Morgan fingerprint density at radius 1 is 1.10 bits per heavy atom. The summed E-state index contributed by atoms with van der Waals surface area (Å²) < 4.78 is 2.50. The minimum Gasteiger partial charge on any atom is -0.312 e. The van der Waals surface area contributed by atoms with Crippen LogP contribution < -0.4 is 5.32 Å². The summed E-state index contributed by atoms with van der Waals surface area (Å²) in [6.45, 7) is 4.38. The molecule has 5 aliphatic rings. The Kier molecular flexibility index (Phi) is 2.59. The predicted octanol–water partition coefficient (Wildman–Crippen LogP) is 2.80. The molecule has 0 spiro atoms. The zero-order valence-electron chi connectivity index (χ0n) is 13.0. The summed E-state index contributed by atoms with van der Waals surface area (Å²) in [7, 11) is 0. The van der Waals surface area contributed by atoms with Crippen LogP contribution in [0.1, 0.15) is 69.6 Å². The van der Waals surface area contributed by atoms with Crippen LogP contribution in [0.25, 0.3) is 0 Å². The molecule has 1 aromatic heterocycles. The molecule has 1 N–H and O–H groups in total. The van der Waals surface area contributed by atoms with E-state index >= 15 is 0 Å². The van der Waals surface area contributed by atoms with E-state index in [0.29, 0.717) is 11.5 Å². The molecule has 4 aliphatic carbocycles. The van der Waals surface area contributed by atoms with E-state index in [-0.39, 0.29) is 0 Å². The first-order chi connectivity index (χ1) is 10.3. The fourth-order valence-corrected chi connectivity index (χ4v) is 6.34. The number of fused-ring (bicyclic) bond motifs is 1. The van der Waals surface area contributed by atoms with Crippen molar-refractivity contribution in [3.63, 3.8) is 0 Å². The molecule has 0 saturated heterocycles. The standard InChI is InChI=1S/C17H26N4/c1-2-14-15-19-20-16(21(15)4-3-18-14)17-8-11-5-12(9-17)7-13(6-11)10-17/h11-14,18H,2-10H2,1H3. The molecule has 4 fully saturated rings. The smallest absolute Gasteiger partial charge is 0.150 e. The van der Waals surface area contributed by atoms with Crippen molar-refractivity contribution in [3.05, 3.63) is 11.6 Å². The van der Waals surface area contributed by atoms with Gasteiger partial charge in [-0.2, -0.15) is 0 Å². The van der Waals surface area contributed by atoms with Crippen LogP contribution in [0.4, 0.5) is 0 Å². The van der Waals surface area contributed by atoms with Gasteiger partial charge in [0.1, 0.15) is 11.6 Å². The second kappa shape index (κ2) is 4.31. The molecule has 1 atom stereocenters. The van der Waals surface area contributed by atoms with Gasteiger partial charge in [-0.05, 0) is 62.7 Å². The van der Waals surface area contributed by atoms with Crippen molar-refractivity contribution in [1.82, 2.24) is 20.1 Å². The van der Waals surface area contributed by atoms with Crippen molar-refractivity contribution < 1.29 is 0 Å². The van der Waals surface area contributed by atoms with Crippen molar-refractivity contribution in [2.45, 2.75) is 69.9 Å². The van der Waals surface area contributed by atoms with E-state index in [0.717, 1.165) is 37.3 Å². The summed E-state index contributed by atoms with van der Waals surface area (Å²) in [5, 5.41) is 13.0. The fourth-order valence-electron chi connectivity index (χ4n) is 6.34. The van der Waals surface area contributed by atoms with Crippen molar-refractivity contribution >= 4 is 0 Å². The summed E-state index contributed by atoms with van der Waals surface area (Å²) in [5.41, 5.74) is 0.385. The Morgan fingerprint density at radius 3 is 2.38 bits per heavy atom. The van der Waals surface area contributed by atoms with Crippen molar-refractivity contribution in [2.24, 2.45) is 17.8 Å². The number of hydrogen-bond donors (Lipinski definition) is 1. The molecule has 0 aromatic carbocycles. The highest BCUT2D eigenvalue weighted by atomic mass is 15.3. The second-order valence-electron chi connectivity index (χ2n) is 8.15. The van der Waals surface area contributed by atoms with Gasteiger partial charge in [0.25, 0.3) is 0 Å². The lowest BCUT2D eigenvalue weighted by Gasteiger charge is -2.56. The van der Waals surface area contributed by atoms with E-state index in [4.69, 9.17) is 5.10 Å². The average Bonchev–Trinajstić information content (AvgIpc) is 2.90. The number of aromatic nitrogens is 3.